The van der Waals surface area contributed by atoms with Crippen LogP contribution >= 0.6 is 0 Å². The normalized spacial score (nSPS) is 11.4. The molecule has 0 aliphatic carbocycles. The number of hydrogen-bond acceptors (Lipinski definition) is 0. The Labute approximate surface area is 126 Å². The largest absolute Gasteiger partial charge is 0.256 e. The van der Waals surface area contributed by atoms with Crippen molar-refractivity contribution < 1.29 is 4.57 Å². The maximum absolute atomic E-state index is 2.48. The summed E-state index contributed by atoms with van der Waals surface area (Å²) in [6.07, 6.45) is 16.6. The third-order valence-electron chi connectivity index (χ3n) is 4.10. The zero-order valence-corrected chi connectivity index (χ0v) is 14.2. The molecule has 1 rings (SSSR count). The van der Waals surface area contributed by atoms with E-state index >= 15 is 0 Å². The van der Waals surface area contributed by atoms with Gasteiger partial charge in [0.05, 0.1) is 12.6 Å². The summed E-state index contributed by atoms with van der Waals surface area (Å²) in [6.45, 7) is 10.3. The van der Waals surface area contributed by atoms with E-state index in [9.17, 15) is 0 Å². The van der Waals surface area contributed by atoms with Crippen molar-refractivity contribution in [3.63, 3.8) is 0 Å². The highest BCUT2D eigenvalue weighted by Gasteiger charge is 2.18. The van der Waals surface area contributed by atoms with Crippen LogP contribution in [0.3, 0.4) is 0 Å². The van der Waals surface area contributed by atoms with Crippen molar-refractivity contribution in [1.82, 2.24) is 4.57 Å². The first-order valence-electron chi connectivity index (χ1n) is 8.79. The Bertz CT molecular complexity index is 352. The van der Waals surface area contributed by atoms with Crippen molar-refractivity contribution in [2.75, 3.05) is 0 Å². The molecule has 1 heterocycles. The Kier molecular flexibility index (Phi) is 8.64. The zero-order chi connectivity index (χ0) is 14.8. The predicted molar refractivity (Wildman–Crippen MR) is 87.0 cm³/mol. The van der Waals surface area contributed by atoms with Gasteiger partial charge in [0.15, 0.2) is 0 Å². The van der Waals surface area contributed by atoms with Crippen molar-refractivity contribution in [3.8, 4) is 0 Å². The molecular weight excluding hydrogens is 244 g/mol. The lowest BCUT2D eigenvalue weighted by molar-refractivity contribution is -0.704. The van der Waals surface area contributed by atoms with Gasteiger partial charge in [-0.05, 0) is 26.7 Å². The molecule has 0 saturated heterocycles. The molecule has 0 fully saturated rings. The molecule has 20 heavy (non-hydrogen) atoms. The molecule has 0 saturated carbocycles. The fraction of sp³-hybridized carbons (Fsp3) is 0.833. The highest BCUT2D eigenvalue weighted by atomic mass is 15.2. The van der Waals surface area contributed by atoms with Crippen LogP contribution in [0.15, 0.2) is 12.4 Å². The van der Waals surface area contributed by atoms with E-state index in [0.29, 0.717) is 6.04 Å². The molecule has 2 heteroatoms. The van der Waals surface area contributed by atoms with Gasteiger partial charge in [-0.25, -0.2) is 9.13 Å². The van der Waals surface area contributed by atoms with E-state index in [1.165, 1.54) is 70.2 Å². The van der Waals surface area contributed by atoms with Gasteiger partial charge in [0.25, 0.3) is 5.82 Å². The van der Waals surface area contributed by atoms with Crippen molar-refractivity contribution in [1.29, 1.82) is 0 Å². The van der Waals surface area contributed by atoms with Crippen molar-refractivity contribution in [3.05, 3.63) is 18.2 Å². The van der Waals surface area contributed by atoms with Crippen LogP contribution in [-0.4, -0.2) is 4.57 Å². The van der Waals surface area contributed by atoms with Crippen LogP contribution in [0.25, 0.3) is 0 Å². The van der Waals surface area contributed by atoms with Gasteiger partial charge < -0.3 is 0 Å². The standard InChI is InChI=1S/C18H35N2/c1-5-7-9-10-11-12-13-18-19(14-8-6-2)15-16-20(18)17(3)4/h15-17H,5-14H2,1-4H3/q+1. The predicted octanol–water partition coefficient (Wildman–Crippen LogP) is 5.06. The smallest absolute Gasteiger partial charge is 0.234 e. The van der Waals surface area contributed by atoms with E-state index in [1.807, 2.05) is 0 Å². The Hall–Kier alpha value is -0.790. The van der Waals surface area contributed by atoms with Crippen LogP contribution in [0, 0.1) is 0 Å². The van der Waals surface area contributed by atoms with E-state index in [4.69, 9.17) is 0 Å². The highest BCUT2D eigenvalue weighted by Crippen LogP contribution is 2.12. The molecule has 0 bridgehead atoms. The number of nitrogens with zero attached hydrogens (tertiary/aromatic N) is 2. The van der Waals surface area contributed by atoms with Crippen LogP contribution < -0.4 is 4.57 Å². The summed E-state index contributed by atoms with van der Waals surface area (Å²) in [5, 5.41) is 0. The van der Waals surface area contributed by atoms with E-state index in [2.05, 4.69) is 49.2 Å². The number of aryl methyl sites for hydroxylation is 1. The number of rotatable bonds is 11. The summed E-state index contributed by atoms with van der Waals surface area (Å²) < 4.78 is 4.94. The van der Waals surface area contributed by atoms with Gasteiger partial charge in [-0.3, -0.25) is 0 Å². The van der Waals surface area contributed by atoms with Gasteiger partial charge in [0.1, 0.15) is 12.4 Å². The summed E-state index contributed by atoms with van der Waals surface area (Å²) in [7, 11) is 0. The van der Waals surface area contributed by atoms with Gasteiger partial charge in [0.2, 0.25) is 0 Å². The van der Waals surface area contributed by atoms with Crippen LogP contribution in [0.5, 0.6) is 0 Å². The minimum atomic E-state index is 0.577. The second kappa shape index (κ2) is 10.0. The molecule has 0 atom stereocenters. The third-order valence-corrected chi connectivity index (χ3v) is 4.10. The molecule has 0 radical (unpaired) electrons. The van der Waals surface area contributed by atoms with Gasteiger partial charge in [0, 0.05) is 6.42 Å². The first-order valence-corrected chi connectivity index (χ1v) is 8.79. The van der Waals surface area contributed by atoms with Crippen molar-refractivity contribution in [2.45, 2.75) is 98.1 Å². The van der Waals surface area contributed by atoms with Gasteiger partial charge in [-0.2, -0.15) is 0 Å². The van der Waals surface area contributed by atoms with Gasteiger partial charge >= 0.3 is 0 Å². The Balaban J connectivity index is 2.49. The fourth-order valence-electron chi connectivity index (χ4n) is 2.81. The average Bonchev–Trinajstić information content (AvgIpc) is 2.83. The molecule has 1 aromatic rings. The van der Waals surface area contributed by atoms with Crippen molar-refractivity contribution >= 4 is 0 Å². The molecule has 0 aromatic carbocycles. The fourth-order valence-corrected chi connectivity index (χ4v) is 2.81. The Morgan fingerprint density at radius 3 is 2.25 bits per heavy atom. The van der Waals surface area contributed by atoms with Gasteiger partial charge in [-0.15, -0.1) is 0 Å². The van der Waals surface area contributed by atoms with Crippen LogP contribution in [0.4, 0.5) is 0 Å². The maximum atomic E-state index is 2.48. The summed E-state index contributed by atoms with van der Waals surface area (Å²) >= 11 is 0. The quantitative estimate of drug-likeness (QED) is 0.395. The SMILES string of the molecule is CCCCCCCCc1n(C(C)C)cc[n+]1CCCC. The minimum Gasteiger partial charge on any atom is -0.234 e. The first kappa shape index (κ1) is 17.3. The summed E-state index contributed by atoms with van der Waals surface area (Å²) in [4.78, 5) is 0. The molecule has 116 valence electrons. The average molecular weight is 279 g/mol. The van der Waals surface area contributed by atoms with Crippen LogP contribution in [0.1, 0.15) is 90.9 Å². The summed E-state index contributed by atoms with van der Waals surface area (Å²) in [5.41, 5.74) is 0. The number of hydrogen-bond donors (Lipinski definition) is 0. The lowest BCUT2D eigenvalue weighted by Gasteiger charge is -2.07. The minimum absolute atomic E-state index is 0.577. The molecule has 0 amide bonds. The lowest BCUT2D eigenvalue weighted by atomic mass is 10.1. The second-order valence-corrected chi connectivity index (χ2v) is 6.28. The second-order valence-electron chi connectivity index (χ2n) is 6.28. The molecule has 0 N–H and O–H groups in total. The lowest BCUT2D eigenvalue weighted by Crippen LogP contribution is -2.37. The monoisotopic (exact) mass is 279 g/mol. The topological polar surface area (TPSA) is 8.81 Å². The van der Waals surface area contributed by atoms with Crippen LogP contribution in [-0.2, 0) is 13.0 Å². The summed E-state index contributed by atoms with van der Waals surface area (Å²) in [5.74, 6) is 1.53. The number of imidazole rings is 1. The number of unbranched alkanes of at least 4 members (excludes halogenated alkanes) is 6. The zero-order valence-electron chi connectivity index (χ0n) is 14.2. The highest BCUT2D eigenvalue weighted by molar-refractivity contribution is 4.86. The van der Waals surface area contributed by atoms with E-state index in [-0.39, 0.29) is 0 Å². The molecule has 0 aliphatic heterocycles. The van der Waals surface area contributed by atoms with E-state index in [1.54, 1.807) is 0 Å². The van der Waals surface area contributed by atoms with E-state index < -0.39 is 0 Å². The molecule has 1 aromatic heterocycles. The third kappa shape index (κ3) is 5.68. The first-order chi connectivity index (χ1) is 9.70. The number of aromatic nitrogens is 2. The van der Waals surface area contributed by atoms with E-state index in [0.717, 1.165) is 0 Å². The maximum Gasteiger partial charge on any atom is 0.256 e. The molecular formula is C18H35N2+. The van der Waals surface area contributed by atoms with Crippen LogP contribution in [0.2, 0.25) is 0 Å². The Morgan fingerprint density at radius 1 is 0.950 bits per heavy atom. The molecule has 0 unspecified atom stereocenters. The molecule has 2 nitrogen and oxygen atoms in total. The van der Waals surface area contributed by atoms with Crippen molar-refractivity contribution in [2.24, 2.45) is 0 Å². The molecule has 0 spiro atoms. The Morgan fingerprint density at radius 2 is 1.60 bits per heavy atom. The molecule has 0 aliphatic rings. The summed E-state index contributed by atoms with van der Waals surface area (Å²) in [6, 6.07) is 0.577. The van der Waals surface area contributed by atoms with Gasteiger partial charge in [-0.1, -0.05) is 52.4 Å².